The van der Waals surface area contributed by atoms with Crippen molar-refractivity contribution in [1.82, 2.24) is 4.98 Å². The number of pyridine rings is 1. The van der Waals surface area contributed by atoms with Crippen LogP contribution in [0.4, 0.5) is 102 Å². The Morgan fingerprint density at radius 2 is 0.473 bits per heavy atom. The quantitative estimate of drug-likeness (QED) is 0.137. The fourth-order valence-electron chi connectivity index (χ4n) is 26.9. The van der Waals surface area contributed by atoms with Gasteiger partial charge < -0.3 is 48.2 Å². The second-order valence-corrected chi connectivity index (χ2v) is 41.0. The topological polar surface area (TPSA) is 63.3 Å². The minimum atomic E-state index is -0.0850. The predicted octanol–water partition coefficient (Wildman–Crippen LogP) is 22.8. The van der Waals surface area contributed by atoms with Gasteiger partial charge in [-0.1, -0.05) is 314 Å². The van der Waals surface area contributed by atoms with Crippen molar-refractivity contribution in [3.8, 4) is 90.1 Å². The van der Waals surface area contributed by atoms with E-state index in [2.05, 4.69) is 526 Å². The van der Waals surface area contributed by atoms with Crippen molar-refractivity contribution in [2.45, 2.75) is 13.8 Å². The summed E-state index contributed by atoms with van der Waals surface area (Å²) in [7, 11) is 0. The normalized spacial score (nSPS) is 13.8. The molecule has 150 heavy (non-hydrogen) atoms. The zero-order valence-electron chi connectivity index (χ0n) is 82.0. The van der Waals surface area contributed by atoms with Gasteiger partial charge in [0.05, 0.1) is 0 Å². The van der Waals surface area contributed by atoms with Crippen molar-refractivity contribution >= 4 is 225 Å². The number of para-hydroxylation sites is 12. The van der Waals surface area contributed by atoms with E-state index in [4.69, 9.17) is 14.2 Å². The van der Waals surface area contributed by atoms with Gasteiger partial charge in [-0.25, -0.2) is 0 Å². The van der Waals surface area contributed by atoms with Crippen LogP contribution in [0, 0.1) is 13.8 Å². The molecule has 12 aliphatic heterocycles. The van der Waals surface area contributed by atoms with E-state index in [-0.39, 0.29) is 40.7 Å². The number of ether oxygens (including phenoxy) is 3. The number of aromatic nitrogens is 1. The van der Waals surface area contributed by atoms with Crippen LogP contribution in [0.1, 0.15) is 11.1 Å². The van der Waals surface area contributed by atoms with Gasteiger partial charge in [-0.15, -0.1) is 0 Å². The molecule has 0 saturated carbocycles. The average Bonchev–Trinajstić information content (AvgIpc) is 0.678. The summed E-state index contributed by atoms with van der Waals surface area (Å²) in [5.41, 5.74) is 55.2. The van der Waals surface area contributed by atoms with Gasteiger partial charge in [-0.05, 0) is 305 Å². The number of rotatable bonds is 8. The molecule has 0 bridgehead atoms. The number of hydrogen-bond donors (Lipinski definition) is 0. The van der Waals surface area contributed by atoms with E-state index in [1.165, 1.54) is 217 Å². The zero-order valence-corrected chi connectivity index (χ0v) is 82.0. The lowest BCUT2D eigenvalue weighted by molar-refractivity contribution is 0.487. The molecule has 13 heterocycles. The molecule has 0 atom stereocenters. The lowest BCUT2D eigenvalue weighted by atomic mass is 9.32. The number of nitrogens with zero attached hydrogens (tertiary/aromatic N) is 8. The summed E-state index contributed by atoms with van der Waals surface area (Å²) in [6, 6.07) is 173. The molecule has 17 heteroatoms. The van der Waals surface area contributed by atoms with Crippen LogP contribution in [-0.2, 0) is 0 Å². The van der Waals surface area contributed by atoms with E-state index in [9.17, 15) is 0 Å². The van der Waals surface area contributed by atoms with Crippen LogP contribution >= 0.6 is 0 Å². The van der Waals surface area contributed by atoms with Gasteiger partial charge in [0.25, 0.3) is 20.1 Å². The summed E-state index contributed by atoms with van der Waals surface area (Å²) in [5, 5.41) is 0. The highest BCUT2D eigenvalue weighted by molar-refractivity contribution is 7.04. The Hall–Kier alpha value is -18.8. The largest absolute Gasteiger partial charge is 0.458 e. The van der Waals surface area contributed by atoms with Crippen molar-refractivity contribution in [3.05, 3.63) is 497 Å². The van der Waals surface area contributed by atoms with Gasteiger partial charge in [0.2, 0.25) is 0 Å². The highest BCUT2D eigenvalue weighted by Crippen LogP contribution is 2.57. The summed E-state index contributed by atoms with van der Waals surface area (Å²) < 4.78 is 20.7. The standard InChI is InChI=1S/C50H35B2N3O.C42H26B2N2O.C41H25B2N3O/c1-32-20-24-34(25-21-32)53(35-26-22-33(2)23-27-35)37-28-29-38-39-31-47-49-50-48(39)52(55(45(38)30-37)36-12-4-3-5-13-36)41-15-7-10-18-44(41)54(50)43-17-9-6-14-40(43)51(49)42-16-8-11-19-46(42)56-47;1-3-13-27(14-4-1)28-23-24-30-31-26-39-41-42-40(31)44(46(37(30)25-28)29-15-5-2-6-16-29)33-18-8-11-21-36(33)45(42)35-20-10-7-17-32(35)43(41)34-19-9-12-22-38(34)47-39;1-2-10-28(11-3-1)46-36-24-27(26-20-22-44-23-21-26)18-19-29(36)30-25-38-40-41-39(30)43(46)32-13-5-8-16-35(32)45(41)34-15-7-4-12-31(34)42(40)33-14-6-9-17-37(33)47-38/h3-31H,1-2H3;1-26H;1-25H. The van der Waals surface area contributed by atoms with Gasteiger partial charge in [0, 0.05) is 131 Å². The molecule has 0 spiro atoms. The molecule has 21 aromatic carbocycles. The summed E-state index contributed by atoms with van der Waals surface area (Å²) in [6.45, 7) is 4.36. The van der Waals surface area contributed by atoms with Crippen molar-refractivity contribution in [2.24, 2.45) is 0 Å². The third-order valence-electron chi connectivity index (χ3n) is 33.1. The molecule has 0 N–H and O–H groups in total. The number of hydrogen-bond acceptors (Lipinski definition) is 11. The minimum absolute atomic E-state index is 0.0262. The second-order valence-electron chi connectivity index (χ2n) is 41.0. The molecule has 694 valence electrons. The molecule has 0 aliphatic carbocycles. The van der Waals surface area contributed by atoms with Crippen LogP contribution in [0.3, 0.4) is 0 Å². The average molecular weight is 1910 g/mol. The maximum Gasteiger partial charge on any atom is 0.333 e. The van der Waals surface area contributed by atoms with Crippen LogP contribution < -0.4 is 130 Å². The molecule has 11 nitrogen and oxygen atoms in total. The van der Waals surface area contributed by atoms with Gasteiger partial charge in [0.1, 0.15) is 34.5 Å². The molecule has 22 aromatic rings. The molecule has 12 aliphatic rings. The molecule has 0 unspecified atom stereocenters. The summed E-state index contributed by atoms with van der Waals surface area (Å²) in [6.07, 6.45) is 3.73. The van der Waals surface area contributed by atoms with Gasteiger partial charge in [0.15, 0.2) is 0 Å². The third kappa shape index (κ3) is 12.3. The van der Waals surface area contributed by atoms with Crippen molar-refractivity contribution in [2.75, 3.05) is 34.0 Å². The maximum atomic E-state index is 6.98. The molecule has 1 aromatic heterocycles. The monoisotopic (exact) mass is 1910 g/mol. The maximum absolute atomic E-state index is 6.98. The Bertz CT molecular complexity index is 9080. The SMILES string of the molecule is Cc1ccc(N(c2ccc(C)cc2)c2ccc3c(c2)N(c2ccccc2)B2c4ccccc4N4c5ccccc5B5c6ccccc6Oc6cc-3c2c4c65)cc1.c1ccc(-c2ccc3c(c2)N(c2ccccc2)B2c4ccccc4N4c5ccccc5B5c6ccccc6Oc6cc-3c2c4c65)cc1.c1ccc(N2B3c4ccccc4N4c5ccccc5B5c6ccccc6Oc6cc(c3c4c65)-c3ccc(-c4ccncc4)cc32)cc1. The summed E-state index contributed by atoms with van der Waals surface area (Å²) >= 11 is 0. The first-order valence-electron chi connectivity index (χ1n) is 52.0. The Morgan fingerprint density at radius 1 is 0.200 bits per heavy atom. The lowest BCUT2D eigenvalue weighted by Crippen LogP contribution is -2.68. The van der Waals surface area contributed by atoms with Crippen LogP contribution in [0.15, 0.2) is 486 Å². The predicted molar refractivity (Wildman–Crippen MR) is 627 cm³/mol. The first kappa shape index (κ1) is 84.5. The fourth-order valence-corrected chi connectivity index (χ4v) is 26.9. The molecule has 0 amide bonds. The molecule has 0 fully saturated rings. The van der Waals surface area contributed by atoms with E-state index in [1.807, 2.05) is 12.4 Å². The molecular formula is C133H86B6N8O3. The summed E-state index contributed by atoms with van der Waals surface area (Å²) in [4.78, 5) is 22.0. The highest BCUT2D eigenvalue weighted by atomic mass is 16.5. The first-order chi connectivity index (χ1) is 74.3. The second kappa shape index (κ2) is 32.8. The Morgan fingerprint density at radius 3 is 0.820 bits per heavy atom. The van der Waals surface area contributed by atoms with E-state index < -0.39 is 0 Å². The van der Waals surface area contributed by atoms with Crippen LogP contribution in [0.5, 0.6) is 34.5 Å². The van der Waals surface area contributed by atoms with Crippen LogP contribution in [0.2, 0.25) is 0 Å². The molecular weight excluding hydrogens is 1820 g/mol. The fraction of sp³-hybridized carbons (Fsp3) is 0.0150. The zero-order chi connectivity index (χ0) is 98.3. The Balaban J connectivity index is 0.0000000998. The van der Waals surface area contributed by atoms with E-state index >= 15 is 0 Å². The van der Waals surface area contributed by atoms with Gasteiger partial charge in [-0.3, -0.25) is 4.98 Å². The van der Waals surface area contributed by atoms with Crippen molar-refractivity contribution in [1.29, 1.82) is 0 Å². The highest BCUT2D eigenvalue weighted by Gasteiger charge is 2.57. The Labute approximate surface area is 872 Å². The smallest absolute Gasteiger partial charge is 0.333 e. The van der Waals surface area contributed by atoms with Crippen molar-refractivity contribution in [3.63, 3.8) is 0 Å². The van der Waals surface area contributed by atoms with Crippen LogP contribution in [0.25, 0.3) is 55.6 Å². The Kier molecular flexibility index (Phi) is 18.5. The molecule has 0 radical (unpaired) electrons. The van der Waals surface area contributed by atoms with Gasteiger partial charge >= 0.3 is 20.5 Å². The van der Waals surface area contributed by atoms with Crippen LogP contribution in [-0.4, -0.2) is 45.7 Å². The number of anilines is 18. The minimum Gasteiger partial charge on any atom is -0.458 e. The van der Waals surface area contributed by atoms with E-state index in [1.54, 1.807) is 0 Å². The van der Waals surface area contributed by atoms with E-state index in [0.29, 0.717) is 0 Å². The number of fused-ring (bicyclic) bond motifs is 30. The number of benzene rings is 21. The first-order valence-corrected chi connectivity index (χ1v) is 52.0. The lowest BCUT2D eigenvalue weighted by Gasteiger charge is -2.50. The third-order valence-corrected chi connectivity index (χ3v) is 33.1. The van der Waals surface area contributed by atoms with Crippen molar-refractivity contribution < 1.29 is 14.2 Å². The number of aryl methyl sites for hydroxylation is 2. The molecule has 0 saturated heterocycles. The summed E-state index contributed by atoms with van der Waals surface area (Å²) in [5.74, 6) is 5.63. The van der Waals surface area contributed by atoms with Gasteiger partial charge in [-0.2, -0.15) is 0 Å². The molecule has 34 rings (SSSR count). The van der Waals surface area contributed by atoms with E-state index in [0.717, 1.165) is 68.5 Å².